The minimum absolute atomic E-state index is 0.852. The van der Waals surface area contributed by atoms with Gasteiger partial charge in [-0.2, -0.15) is 0 Å². The summed E-state index contributed by atoms with van der Waals surface area (Å²) < 4.78 is 5.43. The van der Waals surface area contributed by atoms with Crippen molar-refractivity contribution in [1.82, 2.24) is 0 Å². The molecule has 0 bridgehead atoms. The topological polar surface area (TPSA) is 9.23 Å². The molecule has 0 radical (unpaired) electrons. The molecule has 2 aromatic carbocycles. The second kappa shape index (κ2) is 5.01. The zero-order valence-electron chi connectivity index (χ0n) is 8.34. The molecular formula is C14H12O. The van der Waals surface area contributed by atoms with E-state index >= 15 is 0 Å². The van der Waals surface area contributed by atoms with Crippen LogP contribution in [0.3, 0.4) is 0 Å². The first-order valence-corrected chi connectivity index (χ1v) is 4.88. The SMILES string of the molecule is C(=C\c1ccccc1)/Oc1ccccc1. The van der Waals surface area contributed by atoms with Gasteiger partial charge >= 0.3 is 0 Å². The Labute approximate surface area is 89.6 Å². The van der Waals surface area contributed by atoms with Gasteiger partial charge in [-0.3, -0.25) is 0 Å². The molecule has 0 heterocycles. The van der Waals surface area contributed by atoms with Crippen LogP contribution < -0.4 is 4.74 Å². The van der Waals surface area contributed by atoms with Crippen LogP contribution in [0.4, 0.5) is 0 Å². The number of para-hydroxylation sites is 1. The lowest BCUT2D eigenvalue weighted by molar-refractivity contribution is 0.485. The van der Waals surface area contributed by atoms with Crippen molar-refractivity contribution >= 4 is 6.08 Å². The van der Waals surface area contributed by atoms with Gasteiger partial charge in [0.1, 0.15) is 5.75 Å². The van der Waals surface area contributed by atoms with Crippen LogP contribution in [0.25, 0.3) is 6.08 Å². The van der Waals surface area contributed by atoms with Crippen molar-refractivity contribution < 1.29 is 4.74 Å². The Balaban J connectivity index is 1.97. The van der Waals surface area contributed by atoms with Crippen molar-refractivity contribution in [1.29, 1.82) is 0 Å². The Morgan fingerprint density at radius 3 is 2.00 bits per heavy atom. The molecule has 0 fully saturated rings. The highest BCUT2D eigenvalue weighted by Crippen LogP contribution is 2.09. The monoisotopic (exact) mass is 196 g/mol. The van der Waals surface area contributed by atoms with Crippen molar-refractivity contribution in [3.05, 3.63) is 72.5 Å². The number of benzene rings is 2. The van der Waals surface area contributed by atoms with Crippen LogP contribution in [0.15, 0.2) is 66.9 Å². The van der Waals surface area contributed by atoms with Gasteiger partial charge in [-0.25, -0.2) is 0 Å². The molecule has 0 amide bonds. The minimum Gasteiger partial charge on any atom is -0.465 e. The number of hydrogen-bond donors (Lipinski definition) is 0. The Morgan fingerprint density at radius 2 is 1.33 bits per heavy atom. The molecule has 0 saturated heterocycles. The standard InChI is InChI=1S/C14H12O/c1-3-7-13(8-4-1)11-12-15-14-9-5-2-6-10-14/h1-12H/b12-11+. The molecule has 0 atom stereocenters. The molecule has 2 aromatic rings. The van der Waals surface area contributed by atoms with Gasteiger partial charge in [-0.15, -0.1) is 0 Å². The van der Waals surface area contributed by atoms with Gasteiger partial charge < -0.3 is 4.74 Å². The van der Waals surface area contributed by atoms with Crippen LogP contribution in [-0.2, 0) is 0 Å². The van der Waals surface area contributed by atoms with Crippen LogP contribution in [0, 0.1) is 0 Å². The van der Waals surface area contributed by atoms with Crippen LogP contribution in [0.1, 0.15) is 5.56 Å². The number of rotatable bonds is 3. The largest absolute Gasteiger partial charge is 0.465 e. The summed E-state index contributed by atoms with van der Waals surface area (Å²) in [6.07, 6.45) is 3.64. The summed E-state index contributed by atoms with van der Waals surface area (Å²) in [4.78, 5) is 0. The predicted molar refractivity (Wildman–Crippen MR) is 62.5 cm³/mol. The minimum atomic E-state index is 0.852. The van der Waals surface area contributed by atoms with Gasteiger partial charge in [0.2, 0.25) is 0 Å². The fraction of sp³-hybridized carbons (Fsp3) is 0. The van der Waals surface area contributed by atoms with E-state index in [1.54, 1.807) is 6.26 Å². The molecule has 1 nitrogen and oxygen atoms in total. The fourth-order valence-corrected chi connectivity index (χ4v) is 1.25. The Bertz CT molecular complexity index is 418. The van der Waals surface area contributed by atoms with E-state index in [9.17, 15) is 0 Å². The zero-order chi connectivity index (χ0) is 10.3. The molecule has 0 aliphatic rings. The van der Waals surface area contributed by atoms with Crippen LogP contribution in [0.2, 0.25) is 0 Å². The highest BCUT2D eigenvalue weighted by Gasteiger charge is 1.86. The van der Waals surface area contributed by atoms with Gasteiger partial charge in [0.05, 0.1) is 6.26 Å². The molecule has 74 valence electrons. The van der Waals surface area contributed by atoms with E-state index in [0.717, 1.165) is 11.3 Å². The van der Waals surface area contributed by atoms with E-state index in [0.29, 0.717) is 0 Å². The van der Waals surface area contributed by atoms with Crippen LogP contribution in [0.5, 0.6) is 5.75 Å². The van der Waals surface area contributed by atoms with Gasteiger partial charge in [0.25, 0.3) is 0 Å². The van der Waals surface area contributed by atoms with Gasteiger partial charge in [0, 0.05) is 0 Å². The van der Waals surface area contributed by atoms with Crippen molar-refractivity contribution in [2.45, 2.75) is 0 Å². The Hall–Kier alpha value is -2.02. The number of ether oxygens (including phenoxy) is 1. The zero-order valence-corrected chi connectivity index (χ0v) is 8.34. The number of hydrogen-bond acceptors (Lipinski definition) is 1. The average Bonchev–Trinajstić information content (AvgIpc) is 2.32. The predicted octanol–water partition coefficient (Wildman–Crippen LogP) is 3.74. The quantitative estimate of drug-likeness (QED) is 0.679. The van der Waals surface area contributed by atoms with E-state index < -0.39 is 0 Å². The maximum atomic E-state index is 5.43. The molecule has 15 heavy (non-hydrogen) atoms. The second-order valence-electron chi connectivity index (χ2n) is 3.14. The summed E-state index contributed by atoms with van der Waals surface area (Å²) in [5, 5.41) is 0. The molecule has 2 rings (SSSR count). The van der Waals surface area contributed by atoms with Crippen molar-refractivity contribution in [3.8, 4) is 5.75 Å². The normalized spacial score (nSPS) is 10.4. The van der Waals surface area contributed by atoms with E-state index in [1.807, 2.05) is 66.7 Å². The first-order valence-electron chi connectivity index (χ1n) is 4.88. The van der Waals surface area contributed by atoms with Crippen LogP contribution in [-0.4, -0.2) is 0 Å². The van der Waals surface area contributed by atoms with E-state index in [4.69, 9.17) is 4.74 Å². The highest BCUT2D eigenvalue weighted by atomic mass is 16.5. The molecule has 0 unspecified atom stereocenters. The third-order valence-corrected chi connectivity index (χ3v) is 2.01. The van der Waals surface area contributed by atoms with E-state index in [-0.39, 0.29) is 0 Å². The summed E-state index contributed by atoms with van der Waals surface area (Å²) in [6.45, 7) is 0. The molecule has 0 N–H and O–H groups in total. The van der Waals surface area contributed by atoms with E-state index in [1.165, 1.54) is 0 Å². The van der Waals surface area contributed by atoms with Crippen molar-refractivity contribution in [2.75, 3.05) is 0 Å². The highest BCUT2D eigenvalue weighted by molar-refractivity contribution is 5.48. The molecule has 0 spiro atoms. The average molecular weight is 196 g/mol. The van der Waals surface area contributed by atoms with Gasteiger partial charge in [0.15, 0.2) is 0 Å². The van der Waals surface area contributed by atoms with Crippen molar-refractivity contribution in [3.63, 3.8) is 0 Å². The Kier molecular flexibility index (Phi) is 3.18. The summed E-state index contributed by atoms with van der Waals surface area (Å²) in [7, 11) is 0. The Morgan fingerprint density at radius 1 is 0.733 bits per heavy atom. The molecule has 0 aliphatic heterocycles. The smallest absolute Gasteiger partial charge is 0.126 e. The maximum Gasteiger partial charge on any atom is 0.126 e. The molecule has 0 saturated carbocycles. The first kappa shape index (κ1) is 9.53. The molecule has 1 heteroatoms. The maximum absolute atomic E-state index is 5.43. The van der Waals surface area contributed by atoms with Gasteiger partial charge in [-0.1, -0.05) is 48.5 Å². The van der Waals surface area contributed by atoms with Gasteiger partial charge in [-0.05, 0) is 23.8 Å². The summed E-state index contributed by atoms with van der Waals surface area (Å²) in [6, 6.07) is 19.8. The van der Waals surface area contributed by atoms with Crippen LogP contribution >= 0.6 is 0 Å². The fourth-order valence-electron chi connectivity index (χ4n) is 1.25. The summed E-state index contributed by atoms with van der Waals surface area (Å²) in [5.41, 5.74) is 1.13. The van der Waals surface area contributed by atoms with E-state index in [2.05, 4.69) is 0 Å². The third kappa shape index (κ3) is 2.99. The summed E-state index contributed by atoms with van der Waals surface area (Å²) in [5.74, 6) is 0.852. The first-order chi connectivity index (χ1) is 7.45. The molecule has 0 aromatic heterocycles. The lowest BCUT2D eigenvalue weighted by atomic mass is 10.2. The molecular weight excluding hydrogens is 184 g/mol. The summed E-state index contributed by atoms with van der Waals surface area (Å²) >= 11 is 0. The lowest BCUT2D eigenvalue weighted by Crippen LogP contribution is -1.80. The third-order valence-electron chi connectivity index (χ3n) is 2.01. The van der Waals surface area contributed by atoms with Crippen molar-refractivity contribution in [2.24, 2.45) is 0 Å². The lowest BCUT2D eigenvalue weighted by Gasteiger charge is -1.98. The second-order valence-corrected chi connectivity index (χ2v) is 3.14. The molecule has 0 aliphatic carbocycles.